The number of halogens is 1. The van der Waals surface area contributed by atoms with Gasteiger partial charge in [-0.1, -0.05) is 24.3 Å². The lowest BCUT2D eigenvalue weighted by Crippen LogP contribution is -2.05. The Kier molecular flexibility index (Phi) is 4.49. The molecule has 110 valence electrons. The molecule has 2 N–H and O–H groups in total. The van der Waals surface area contributed by atoms with Crippen molar-refractivity contribution in [2.75, 3.05) is 0 Å². The monoisotopic (exact) mass is 290 g/mol. The molecule has 0 saturated carbocycles. The van der Waals surface area contributed by atoms with Crippen molar-refractivity contribution in [1.29, 1.82) is 0 Å². The van der Waals surface area contributed by atoms with Gasteiger partial charge in [-0.3, -0.25) is 10.1 Å². The van der Waals surface area contributed by atoms with Gasteiger partial charge in [0.15, 0.2) is 0 Å². The van der Waals surface area contributed by atoms with Gasteiger partial charge < -0.3 is 10.5 Å². The summed E-state index contributed by atoms with van der Waals surface area (Å²) in [5.41, 5.74) is 6.25. The molecule has 1 atom stereocenters. The van der Waals surface area contributed by atoms with Crippen LogP contribution in [0.3, 0.4) is 0 Å². The zero-order chi connectivity index (χ0) is 15.4. The molecular weight excluding hydrogens is 275 g/mol. The van der Waals surface area contributed by atoms with E-state index in [4.69, 9.17) is 10.5 Å². The van der Waals surface area contributed by atoms with Crippen LogP contribution in [0.5, 0.6) is 5.75 Å². The molecule has 0 amide bonds. The van der Waals surface area contributed by atoms with Gasteiger partial charge in [-0.2, -0.15) is 4.39 Å². The largest absolute Gasteiger partial charge is 0.489 e. The molecule has 2 rings (SSSR count). The van der Waals surface area contributed by atoms with E-state index in [1.807, 2.05) is 13.0 Å². The third-order valence-corrected chi connectivity index (χ3v) is 3.03. The van der Waals surface area contributed by atoms with Crippen LogP contribution in [0.1, 0.15) is 24.1 Å². The van der Waals surface area contributed by atoms with Gasteiger partial charge in [0.1, 0.15) is 12.4 Å². The van der Waals surface area contributed by atoms with Crippen LogP contribution in [0.2, 0.25) is 0 Å². The molecule has 2 aromatic carbocycles. The van der Waals surface area contributed by atoms with E-state index in [1.54, 1.807) is 18.2 Å². The van der Waals surface area contributed by atoms with Crippen molar-refractivity contribution >= 4 is 5.69 Å². The van der Waals surface area contributed by atoms with Crippen LogP contribution in [0.25, 0.3) is 0 Å². The first-order valence-corrected chi connectivity index (χ1v) is 6.39. The van der Waals surface area contributed by atoms with Crippen LogP contribution in [0.15, 0.2) is 42.5 Å². The Bertz CT molecular complexity index is 659. The number of ether oxygens (including phenoxy) is 1. The molecule has 0 bridgehead atoms. The predicted molar refractivity (Wildman–Crippen MR) is 76.4 cm³/mol. The maximum atomic E-state index is 13.9. The van der Waals surface area contributed by atoms with Gasteiger partial charge in [0.2, 0.25) is 5.82 Å². The molecule has 5 nitrogen and oxygen atoms in total. The third kappa shape index (κ3) is 3.55. The number of nitrogens with two attached hydrogens (primary N) is 1. The van der Waals surface area contributed by atoms with Crippen molar-refractivity contribution in [3.05, 3.63) is 69.5 Å². The third-order valence-electron chi connectivity index (χ3n) is 3.03. The normalized spacial score (nSPS) is 12.0. The molecule has 2 aromatic rings. The van der Waals surface area contributed by atoms with Crippen LogP contribution in [0.4, 0.5) is 10.1 Å². The predicted octanol–water partition coefficient (Wildman–Crippen LogP) is 3.33. The molecule has 21 heavy (non-hydrogen) atoms. The van der Waals surface area contributed by atoms with Crippen LogP contribution in [-0.4, -0.2) is 4.92 Å². The lowest BCUT2D eigenvalue weighted by molar-refractivity contribution is -0.387. The van der Waals surface area contributed by atoms with Crippen LogP contribution < -0.4 is 10.5 Å². The van der Waals surface area contributed by atoms with Crippen molar-refractivity contribution in [2.24, 2.45) is 5.73 Å². The van der Waals surface area contributed by atoms with Gasteiger partial charge in [-0.05, 0) is 24.6 Å². The zero-order valence-electron chi connectivity index (χ0n) is 11.5. The molecule has 0 aliphatic rings. The minimum absolute atomic E-state index is 0.0874. The number of nitro benzene ring substituents is 1. The van der Waals surface area contributed by atoms with Gasteiger partial charge in [0.25, 0.3) is 0 Å². The fourth-order valence-corrected chi connectivity index (χ4v) is 1.87. The Labute approximate surface area is 121 Å². The maximum absolute atomic E-state index is 13.9. The number of benzene rings is 2. The molecule has 0 spiro atoms. The molecule has 0 heterocycles. The number of rotatable bonds is 5. The molecule has 0 radical (unpaired) electrons. The Hall–Kier alpha value is -2.47. The van der Waals surface area contributed by atoms with E-state index in [0.717, 1.165) is 11.6 Å². The molecule has 0 aliphatic carbocycles. The summed E-state index contributed by atoms with van der Waals surface area (Å²) < 4.78 is 19.4. The second kappa shape index (κ2) is 6.32. The van der Waals surface area contributed by atoms with Gasteiger partial charge in [-0.25, -0.2) is 0 Å². The van der Waals surface area contributed by atoms with Crippen LogP contribution >= 0.6 is 0 Å². The van der Waals surface area contributed by atoms with E-state index in [1.165, 1.54) is 12.1 Å². The van der Waals surface area contributed by atoms with Crippen molar-refractivity contribution in [2.45, 2.75) is 19.6 Å². The van der Waals surface area contributed by atoms with E-state index < -0.39 is 16.4 Å². The standard InChI is InChI=1S/C15H15FN2O3/c1-10(17)11-4-2-6-13(8-11)21-9-12-5-3-7-14(15(12)16)18(19)20/h2-8,10H,9,17H2,1H3/t10-/m0/s1. The van der Waals surface area contributed by atoms with E-state index in [9.17, 15) is 14.5 Å². The van der Waals surface area contributed by atoms with E-state index >= 15 is 0 Å². The summed E-state index contributed by atoms with van der Waals surface area (Å²) in [5.74, 6) is -0.332. The summed E-state index contributed by atoms with van der Waals surface area (Å²) in [5, 5.41) is 10.7. The minimum Gasteiger partial charge on any atom is -0.489 e. The molecule has 6 heteroatoms. The summed E-state index contributed by atoms with van der Waals surface area (Å²) in [6.45, 7) is 1.76. The van der Waals surface area contributed by atoms with Crippen molar-refractivity contribution in [1.82, 2.24) is 0 Å². The quantitative estimate of drug-likeness (QED) is 0.676. The Morgan fingerprint density at radius 2 is 2.05 bits per heavy atom. The molecule has 0 aromatic heterocycles. The summed E-state index contributed by atoms with van der Waals surface area (Å²) in [4.78, 5) is 9.92. The number of nitro groups is 1. The summed E-state index contributed by atoms with van der Waals surface area (Å²) >= 11 is 0. The first-order chi connectivity index (χ1) is 9.99. The number of hydrogen-bond donors (Lipinski definition) is 1. The summed E-state index contributed by atoms with van der Waals surface area (Å²) in [7, 11) is 0. The first kappa shape index (κ1) is 14.9. The highest BCUT2D eigenvalue weighted by molar-refractivity contribution is 5.37. The highest BCUT2D eigenvalue weighted by Gasteiger charge is 2.17. The summed E-state index contributed by atoms with van der Waals surface area (Å²) in [6, 6.07) is 11.0. The number of hydrogen-bond acceptors (Lipinski definition) is 4. The lowest BCUT2D eigenvalue weighted by Gasteiger charge is -2.10. The molecular formula is C15H15FN2O3. The Balaban J connectivity index is 2.15. The van der Waals surface area contributed by atoms with E-state index in [2.05, 4.69) is 0 Å². The Morgan fingerprint density at radius 1 is 1.33 bits per heavy atom. The SMILES string of the molecule is C[C@H](N)c1cccc(OCc2cccc([N+](=O)[O-])c2F)c1. The van der Waals surface area contributed by atoms with Crippen molar-refractivity contribution < 1.29 is 14.1 Å². The van der Waals surface area contributed by atoms with Crippen molar-refractivity contribution in [3.63, 3.8) is 0 Å². The van der Waals surface area contributed by atoms with E-state index in [0.29, 0.717) is 5.75 Å². The lowest BCUT2D eigenvalue weighted by atomic mass is 10.1. The molecule has 0 unspecified atom stereocenters. The highest BCUT2D eigenvalue weighted by atomic mass is 19.1. The molecule has 0 saturated heterocycles. The van der Waals surface area contributed by atoms with Crippen molar-refractivity contribution in [3.8, 4) is 5.75 Å². The van der Waals surface area contributed by atoms with Crippen LogP contribution in [0, 0.1) is 15.9 Å². The fraction of sp³-hybridized carbons (Fsp3) is 0.200. The van der Waals surface area contributed by atoms with Crippen LogP contribution in [-0.2, 0) is 6.61 Å². The average Bonchev–Trinajstić information content (AvgIpc) is 2.46. The second-order valence-electron chi connectivity index (χ2n) is 4.66. The Morgan fingerprint density at radius 3 is 2.71 bits per heavy atom. The topological polar surface area (TPSA) is 78.4 Å². The van der Waals surface area contributed by atoms with Gasteiger partial charge in [-0.15, -0.1) is 0 Å². The second-order valence-corrected chi connectivity index (χ2v) is 4.66. The smallest absolute Gasteiger partial charge is 0.305 e. The number of nitrogens with zero attached hydrogens (tertiary/aromatic N) is 1. The zero-order valence-corrected chi connectivity index (χ0v) is 11.5. The highest BCUT2D eigenvalue weighted by Crippen LogP contribution is 2.23. The van der Waals surface area contributed by atoms with E-state index in [-0.39, 0.29) is 18.2 Å². The molecule has 0 aliphatic heterocycles. The first-order valence-electron chi connectivity index (χ1n) is 6.39. The summed E-state index contributed by atoms with van der Waals surface area (Å²) in [6.07, 6.45) is 0. The van der Waals surface area contributed by atoms with Gasteiger partial charge in [0, 0.05) is 17.7 Å². The molecule has 0 fully saturated rings. The maximum Gasteiger partial charge on any atom is 0.305 e. The van der Waals surface area contributed by atoms with Gasteiger partial charge in [0.05, 0.1) is 4.92 Å². The fourth-order valence-electron chi connectivity index (χ4n) is 1.87. The average molecular weight is 290 g/mol. The van der Waals surface area contributed by atoms with Gasteiger partial charge >= 0.3 is 5.69 Å². The minimum atomic E-state index is -0.870.